The molecule has 2 atom stereocenters. The highest BCUT2D eigenvalue weighted by Crippen LogP contribution is 2.25. The second-order valence-electron chi connectivity index (χ2n) is 5.63. The van der Waals surface area contributed by atoms with Gasteiger partial charge in [-0.05, 0) is 71.5 Å². The Morgan fingerprint density at radius 1 is 1.50 bits per heavy atom. The van der Waals surface area contributed by atoms with Crippen molar-refractivity contribution >= 4 is 46.1 Å². The molecule has 24 heavy (non-hydrogen) atoms. The molecule has 5 nitrogen and oxygen atoms in total. The van der Waals surface area contributed by atoms with Crippen molar-refractivity contribution < 1.29 is 9.53 Å². The van der Waals surface area contributed by atoms with Crippen LogP contribution < -0.4 is 11.1 Å². The number of alkyl carbamates (subject to hydrolysis) is 1. The van der Waals surface area contributed by atoms with Gasteiger partial charge in [0.15, 0.2) is 0 Å². The van der Waals surface area contributed by atoms with E-state index >= 15 is 0 Å². The summed E-state index contributed by atoms with van der Waals surface area (Å²) >= 11 is 8.22. The Morgan fingerprint density at radius 2 is 2.21 bits per heavy atom. The third-order valence-electron chi connectivity index (χ3n) is 3.63. The van der Waals surface area contributed by atoms with E-state index in [2.05, 4.69) is 41.4 Å². The average molecular weight is 464 g/mol. The summed E-state index contributed by atoms with van der Waals surface area (Å²) < 4.78 is 6.02. The highest BCUT2D eigenvalue weighted by Gasteiger charge is 2.11. The average Bonchev–Trinajstić information content (AvgIpc) is 2.54. The first kappa shape index (κ1) is 20.9. The normalized spacial score (nSPS) is 13.0. The molecule has 132 valence electrons. The number of nitrogens with two attached hydrogens (primary N) is 1. The van der Waals surface area contributed by atoms with Crippen LogP contribution in [0.2, 0.25) is 5.02 Å². The van der Waals surface area contributed by atoms with Crippen LogP contribution in [0.1, 0.15) is 37.8 Å². The Kier molecular flexibility index (Phi) is 9.31. The van der Waals surface area contributed by atoms with E-state index in [0.717, 1.165) is 33.4 Å². The fraction of sp³-hybridized carbons (Fsp3) is 0.412. The van der Waals surface area contributed by atoms with E-state index in [9.17, 15) is 4.79 Å². The number of amides is 1. The van der Waals surface area contributed by atoms with Crippen molar-refractivity contribution in [2.45, 2.75) is 32.2 Å². The molecule has 0 fully saturated rings. The quantitative estimate of drug-likeness (QED) is 0.298. The maximum Gasteiger partial charge on any atom is 0.412 e. The van der Waals surface area contributed by atoms with Crippen LogP contribution in [0.15, 0.2) is 30.9 Å². The van der Waals surface area contributed by atoms with Gasteiger partial charge in [-0.3, -0.25) is 10.7 Å². The SMILES string of the molecule is C=CC(=N)NC(=O)OCCC(C)CC[C@H](N)c1ccc(Cl)c(I)c1. The van der Waals surface area contributed by atoms with E-state index in [1.807, 2.05) is 18.2 Å². The van der Waals surface area contributed by atoms with Crippen LogP contribution in [0.3, 0.4) is 0 Å². The van der Waals surface area contributed by atoms with Crippen LogP contribution >= 0.6 is 34.2 Å². The molecule has 0 radical (unpaired) electrons. The number of hydrogen-bond donors (Lipinski definition) is 3. The minimum atomic E-state index is -0.625. The number of halogens is 2. The summed E-state index contributed by atoms with van der Waals surface area (Å²) in [5.74, 6) is 0.311. The van der Waals surface area contributed by atoms with Crippen molar-refractivity contribution in [1.29, 1.82) is 5.41 Å². The molecule has 4 N–H and O–H groups in total. The molecule has 0 spiro atoms. The van der Waals surface area contributed by atoms with Crippen molar-refractivity contribution in [3.63, 3.8) is 0 Å². The summed E-state index contributed by atoms with van der Waals surface area (Å²) in [5, 5.41) is 10.3. The van der Waals surface area contributed by atoms with E-state index in [1.165, 1.54) is 6.08 Å². The lowest BCUT2D eigenvalue weighted by molar-refractivity contribution is 0.144. The van der Waals surface area contributed by atoms with Gasteiger partial charge < -0.3 is 10.5 Å². The Morgan fingerprint density at radius 3 is 2.83 bits per heavy atom. The topological polar surface area (TPSA) is 88.2 Å². The zero-order valence-electron chi connectivity index (χ0n) is 13.6. The number of amidine groups is 1. The molecule has 0 saturated carbocycles. The smallest absolute Gasteiger partial charge is 0.412 e. The van der Waals surface area contributed by atoms with Gasteiger partial charge in [-0.25, -0.2) is 4.79 Å². The molecule has 0 aromatic heterocycles. The maximum absolute atomic E-state index is 11.4. The van der Waals surface area contributed by atoms with Crippen LogP contribution in [0.4, 0.5) is 4.79 Å². The molecular formula is C17H23ClIN3O2. The molecule has 0 heterocycles. The second kappa shape index (κ2) is 10.7. The number of hydrogen-bond acceptors (Lipinski definition) is 4. The fourth-order valence-corrected chi connectivity index (χ4v) is 2.72. The molecule has 0 saturated heterocycles. The Hall–Kier alpha value is -1.12. The van der Waals surface area contributed by atoms with Gasteiger partial charge in [-0.15, -0.1) is 0 Å². The molecule has 1 aromatic rings. The lowest BCUT2D eigenvalue weighted by Crippen LogP contribution is -2.29. The predicted octanol–water partition coefficient (Wildman–Crippen LogP) is 4.64. The molecule has 0 aliphatic rings. The summed E-state index contributed by atoms with van der Waals surface area (Å²) in [5.41, 5.74) is 7.31. The van der Waals surface area contributed by atoms with Crippen molar-refractivity contribution in [2.75, 3.05) is 6.61 Å². The molecule has 7 heteroatoms. The molecule has 0 bridgehead atoms. The molecule has 1 unspecified atom stereocenters. The van der Waals surface area contributed by atoms with Gasteiger partial charge in [0.2, 0.25) is 0 Å². The summed E-state index contributed by atoms with van der Waals surface area (Å²) in [6.07, 6.45) is 3.16. The first-order chi connectivity index (χ1) is 11.3. The Bertz CT molecular complexity index is 595. The number of nitrogens with one attached hydrogen (secondary N) is 2. The van der Waals surface area contributed by atoms with Crippen LogP contribution in [0.5, 0.6) is 0 Å². The maximum atomic E-state index is 11.4. The lowest BCUT2D eigenvalue weighted by Gasteiger charge is -2.16. The van der Waals surface area contributed by atoms with Gasteiger partial charge in [0.05, 0.1) is 11.6 Å². The van der Waals surface area contributed by atoms with E-state index in [4.69, 9.17) is 27.5 Å². The first-order valence-corrected chi connectivity index (χ1v) is 9.14. The van der Waals surface area contributed by atoms with Crippen LogP contribution in [0.25, 0.3) is 0 Å². The minimum absolute atomic E-state index is 0.0319. The van der Waals surface area contributed by atoms with Gasteiger partial charge in [0, 0.05) is 9.61 Å². The zero-order chi connectivity index (χ0) is 18.1. The van der Waals surface area contributed by atoms with Gasteiger partial charge in [-0.2, -0.15) is 0 Å². The largest absolute Gasteiger partial charge is 0.449 e. The van der Waals surface area contributed by atoms with E-state index in [1.54, 1.807) is 0 Å². The lowest BCUT2D eigenvalue weighted by atomic mass is 9.96. The van der Waals surface area contributed by atoms with Crippen LogP contribution in [0, 0.1) is 14.9 Å². The molecule has 1 amide bonds. The molecule has 0 aliphatic carbocycles. The number of benzene rings is 1. The third-order valence-corrected chi connectivity index (χ3v) is 5.17. The van der Waals surface area contributed by atoms with E-state index in [0.29, 0.717) is 12.5 Å². The summed E-state index contributed by atoms with van der Waals surface area (Å²) in [7, 11) is 0. The predicted molar refractivity (Wildman–Crippen MR) is 107 cm³/mol. The molecule has 0 aliphatic heterocycles. The number of carbonyl (C=O) groups is 1. The van der Waals surface area contributed by atoms with Gasteiger partial charge in [0.1, 0.15) is 5.84 Å². The molecule has 1 aromatic carbocycles. The van der Waals surface area contributed by atoms with Crippen LogP contribution in [-0.2, 0) is 4.74 Å². The highest BCUT2D eigenvalue weighted by atomic mass is 127. The van der Waals surface area contributed by atoms with Crippen molar-refractivity contribution in [2.24, 2.45) is 11.7 Å². The van der Waals surface area contributed by atoms with Crippen molar-refractivity contribution in [3.05, 3.63) is 45.0 Å². The zero-order valence-corrected chi connectivity index (χ0v) is 16.6. The van der Waals surface area contributed by atoms with Gasteiger partial charge in [-0.1, -0.05) is 31.2 Å². The van der Waals surface area contributed by atoms with Gasteiger partial charge in [0.25, 0.3) is 0 Å². The standard InChI is InChI=1S/C17H23ClIN3O2/c1-3-16(21)22-17(23)24-9-8-11(2)4-7-15(20)12-5-6-13(18)14(19)10-12/h3,5-6,10-11,15H,1,4,7-9,20H2,2H3,(H2,21,22,23)/t11?,15-/m0/s1. The van der Waals surface area contributed by atoms with Crippen LogP contribution in [-0.4, -0.2) is 18.5 Å². The monoisotopic (exact) mass is 463 g/mol. The summed E-state index contributed by atoms with van der Waals surface area (Å²) in [6, 6.07) is 5.81. The highest BCUT2D eigenvalue weighted by molar-refractivity contribution is 14.1. The first-order valence-electron chi connectivity index (χ1n) is 7.68. The molecule has 1 rings (SSSR count). The van der Waals surface area contributed by atoms with Gasteiger partial charge >= 0.3 is 6.09 Å². The third kappa shape index (κ3) is 7.63. The van der Waals surface area contributed by atoms with Crippen molar-refractivity contribution in [1.82, 2.24) is 5.32 Å². The minimum Gasteiger partial charge on any atom is -0.449 e. The molecular weight excluding hydrogens is 441 g/mol. The van der Waals surface area contributed by atoms with Crippen molar-refractivity contribution in [3.8, 4) is 0 Å². The summed E-state index contributed by atoms with van der Waals surface area (Å²) in [4.78, 5) is 11.4. The second-order valence-corrected chi connectivity index (χ2v) is 7.20. The summed E-state index contributed by atoms with van der Waals surface area (Å²) in [6.45, 7) is 5.80. The Labute approximate surface area is 161 Å². The number of ether oxygens (including phenoxy) is 1. The van der Waals surface area contributed by atoms with E-state index in [-0.39, 0.29) is 11.9 Å². The van der Waals surface area contributed by atoms with E-state index < -0.39 is 6.09 Å². The Balaban J connectivity index is 2.29. The number of carbonyl (C=O) groups excluding carboxylic acids is 1. The fourth-order valence-electron chi connectivity index (χ4n) is 2.07. The number of rotatable bonds is 8.